The molecule has 2 amide bonds. The van der Waals surface area contributed by atoms with Crippen LogP contribution in [0.4, 0.5) is 11.4 Å². The molecular weight excluding hydrogens is 407 g/mol. The van der Waals surface area contributed by atoms with Crippen LogP contribution in [0.25, 0.3) is 0 Å². The van der Waals surface area contributed by atoms with Gasteiger partial charge in [0.25, 0.3) is 5.91 Å². The zero-order valence-corrected chi connectivity index (χ0v) is 16.4. The zero-order chi connectivity index (χ0) is 20.7. The van der Waals surface area contributed by atoms with Crippen molar-refractivity contribution < 1.29 is 24.2 Å². The molecule has 0 radical (unpaired) electrons. The quantitative estimate of drug-likeness (QED) is 0.588. The van der Waals surface area contributed by atoms with E-state index in [0.29, 0.717) is 21.4 Å². The molecule has 7 nitrogen and oxygen atoms in total. The summed E-state index contributed by atoms with van der Waals surface area (Å²) in [4.78, 5) is 34.8. The standard InChI is InChI=1S/C19H18Cl2N2O5/c1-11(19(27)22-14-9-12(20)8-13(21)10-14)28-16-5-3-2-4-15(16)23-17(24)6-7-18(25)26/h2-5,8-11H,6-7H2,1H3,(H,22,27)(H,23,24)(H,25,26). The van der Waals surface area contributed by atoms with Gasteiger partial charge in [-0.2, -0.15) is 0 Å². The van der Waals surface area contributed by atoms with Crippen LogP contribution in [-0.2, 0) is 14.4 Å². The summed E-state index contributed by atoms with van der Waals surface area (Å²) in [6, 6.07) is 11.2. The summed E-state index contributed by atoms with van der Waals surface area (Å²) in [5, 5.41) is 14.6. The molecule has 9 heteroatoms. The van der Waals surface area contributed by atoms with Gasteiger partial charge in [-0.1, -0.05) is 35.3 Å². The van der Waals surface area contributed by atoms with Crippen molar-refractivity contribution in [2.24, 2.45) is 0 Å². The van der Waals surface area contributed by atoms with E-state index in [2.05, 4.69) is 10.6 Å². The minimum absolute atomic E-state index is 0.171. The highest BCUT2D eigenvalue weighted by Gasteiger charge is 2.18. The number of amides is 2. The number of carbonyl (C=O) groups excluding carboxylic acids is 2. The van der Waals surface area contributed by atoms with Gasteiger partial charge < -0.3 is 20.5 Å². The number of anilines is 2. The second kappa shape index (κ2) is 9.96. The van der Waals surface area contributed by atoms with E-state index < -0.39 is 23.9 Å². The largest absolute Gasteiger partial charge is 0.481 e. The molecule has 2 aromatic rings. The number of carboxylic acids is 1. The molecule has 0 aliphatic rings. The number of para-hydroxylation sites is 2. The SMILES string of the molecule is CC(Oc1ccccc1NC(=O)CCC(=O)O)C(=O)Nc1cc(Cl)cc(Cl)c1. The number of carbonyl (C=O) groups is 3. The van der Waals surface area contributed by atoms with Gasteiger partial charge in [-0.05, 0) is 37.3 Å². The highest BCUT2D eigenvalue weighted by atomic mass is 35.5. The number of aliphatic carboxylic acids is 1. The van der Waals surface area contributed by atoms with Crippen LogP contribution in [0.1, 0.15) is 19.8 Å². The van der Waals surface area contributed by atoms with Crippen molar-refractivity contribution in [3.05, 3.63) is 52.5 Å². The highest BCUT2D eigenvalue weighted by Crippen LogP contribution is 2.26. The molecule has 2 rings (SSSR count). The predicted octanol–water partition coefficient (Wildman–Crippen LogP) is 4.20. The van der Waals surface area contributed by atoms with E-state index in [4.69, 9.17) is 33.0 Å². The molecule has 1 unspecified atom stereocenters. The van der Waals surface area contributed by atoms with Crippen LogP contribution < -0.4 is 15.4 Å². The van der Waals surface area contributed by atoms with Gasteiger partial charge in [0.05, 0.1) is 12.1 Å². The number of benzene rings is 2. The third-order valence-corrected chi connectivity index (χ3v) is 3.97. The summed E-state index contributed by atoms with van der Waals surface area (Å²) in [5.74, 6) is -1.70. The van der Waals surface area contributed by atoms with Crippen molar-refractivity contribution in [1.82, 2.24) is 0 Å². The van der Waals surface area contributed by atoms with Gasteiger partial charge in [-0.15, -0.1) is 0 Å². The van der Waals surface area contributed by atoms with E-state index in [1.807, 2.05) is 0 Å². The Kier molecular flexibility index (Phi) is 7.66. The average molecular weight is 425 g/mol. The first-order chi connectivity index (χ1) is 13.2. The van der Waals surface area contributed by atoms with Gasteiger partial charge >= 0.3 is 5.97 Å². The Balaban J connectivity index is 2.02. The first kappa shape index (κ1) is 21.5. The first-order valence-corrected chi connectivity index (χ1v) is 9.04. The van der Waals surface area contributed by atoms with Crippen molar-refractivity contribution in [1.29, 1.82) is 0 Å². The van der Waals surface area contributed by atoms with Crippen LogP contribution in [-0.4, -0.2) is 29.0 Å². The van der Waals surface area contributed by atoms with E-state index >= 15 is 0 Å². The van der Waals surface area contributed by atoms with Gasteiger partial charge in [0.1, 0.15) is 5.75 Å². The fourth-order valence-electron chi connectivity index (χ4n) is 2.22. The van der Waals surface area contributed by atoms with Crippen molar-refractivity contribution >= 4 is 52.4 Å². The molecule has 0 aliphatic heterocycles. The molecule has 0 aromatic heterocycles. The lowest BCUT2D eigenvalue weighted by Crippen LogP contribution is -2.30. The van der Waals surface area contributed by atoms with Crippen molar-refractivity contribution in [2.75, 3.05) is 10.6 Å². The maximum Gasteiger partial charge on any atom is 0.303 e. The Hall–Kier alpha value is -2.77. The van der Waals surface area contributed by atoms with E-state index in [9.17, 15) is 14.4 Å². The topological polar surface area (TPSA) is 105 Å². The molecule has 3 N–H and O–H groups in total. The molecule has 0 saturated carbocycles. The molecule has 148 valence electrons. The molecule has 0 aliphatic carbocycles. The molecule has 0 saturated heterocycles. The summed E-state index contributed by atoms with van der Waals surface area (Å²) < 4.78 is 5.66. The van der Waals surface area contributed by atoms with Gasteiger partial charge in [0, 0.05) is 22.2 Å². The van der Waals surface area contributed by atoms with Gasteiger partial charge in [-0.3, -0.25) is 14.4 Å². The lowest BCUT2D eigenvalue weighted by molar-refractivity contribution is -0.138. The first-order valence-electron chi connectivity index (χ1n) is 8.29. The number of ether oxygens (including phenoxy) is 1. The molecule has 0 bridgehead atoms. The Morgan fingerprint density at radius 1 is 1.04 bits per heavy atom. The predicted molar refractivity (Wildman–Crippen MR) is 107 cm³/mol. The van der Waals surface area contributed by atoms with Crippen LogP contribution in [0.3, 0.4) is 0 Å². The molecule has 0 heterocycles. The molecular formula is C19H18Cl2N2O5. The minimum atomic E-state index is -1.06. The Morgan fingerprint density at radius 2 is 1.68 bits per heavy atom. The number of hydrogen-bond donors (Lipinski definition) is 3. The van der Waals surface area contributed by atoms with Crippen molar-refractivity contribution in [3.8, 4) is 5.75 Å². The lowest BCUT2D eigenvalue weighted by Gasteiger charge is -2.17. The van der Waals surface area contributed by atoms with Crippen molar-refractivity contribution in [3.63, 3.8) is 0 Å². The van der Waals surface area contributed by atoms with Crippen LogP contribution in [0.5, 0.6) is 5.75 Å². The summed E-state index contributed by atoms with van der Waals surface area (Å²) in [6.45, 7) is 1.55. The monoisotopic (exact) mass is 424 g/mol. The second-order valence-corrected chi connectivity index (χ2v) is 6.72. The van der Waals surface area contributed by atoms with Gasteiger partial charge in [0.2, 0.25) is 5.91 Å². The molecule has 0 fully saturated rings. The van der Waals surface area contributed by atoms with Crippen LogP contribution in [0.15, 0.2) is 42.5 Å². The number of carboxylic acid groups (broad SMARTS) is 1. The van der Waals surface area contributed by atoms with Crippen LogP contribution >= 0.6 is 23.2 Å². The zero-order valence-electron chi connectivity index (χ0n) is 14.9. The third kappa shape index (κ3) is 6.75. The average Bonchev–Trinajstić information content (AvgIpc) is 2.60. The lowest BCUT2D eigenvalue weighted by atomic mass is 10.2. The number of rotatable bonds is 8. The minimum Gasteiger partial charge on any atom is -0.481 e. The normalized spacial score (nSPS) is 11.4. The molecule has 28 heavy (non-hydrogen) atoms. The second-order valence-electron chi connectivity index (χ2n) is 5.85. The van der Waals surface area contributed by atoms with Gasteiger partial charge in [0.15, 0.2) is 6.10 Å². The number of halogens is 2. The van der Waals surface area contributed by atoms with E-state index in [0.717, 1.165) is 0 Å². The molecule has 0 spiro atoms. The summed E-state index contributed by atoms with van der Waals surface area (Å²) in [5.41, 5.74) is 0.761. The van der Waals surface area contributed by atoms with E-state index in [1.165, 1.54) is 0 Å². The fraction of sp³-hybridized carbons (Fsp3) is 0.211. The van der Waals surface area contributed by atoms with Crippen LogP contribution in [0.2, 0.25) is 10.0 Å². The Labute approximate surface area is 171 Å². The van der Waals surface area contributed by atoms with Crippen molar-refractivity contribution in [2.45, 2.75) is 25.9 Å². The van der Waals surface area contributed by atoms with E-state index in [1.54, 1.807) is 49.4 Å². The number of nitrogens with one attached hydrogen (secondary N) is 2. The maximum absolute atomic E-state index is 12.4. The van der Waals surface area contributed by atoms with Gasteiger partial charge in [-0.25, -0.2) is 0 Å². The maximum atomic E-state index is 12.4. The summed E-state index contributed by atoms with van der Waals surface area (Å²) >= 11 is 11.8. The third-order valence-electron chi connectivity index (χ3n) is 3.53. The molecule has 1 atom stereocenters. The summed E-state index contributed by atoms with van der Waals surface area (Å²) in [7, 11) is 0. The Morgan fingerprint density at radius 3 is 2.32 bits per heavy atom. The highest BCUT2D eigenvalue weighted by molar-refractivity contribution is 6.35. The molecule has 2 aromatic carbocycles. The summed E-state index contributed by atoms with van der Waals surface area (Å²) in [6.07, 6.45) is -1.35. The fourth-order valence-corrected chi connectivity index (χ4v) is 2.75. The Bertz CT molecular complexity index is 868. The number of hydrogen-bond acceptors (Lipinski definition) is 4. The smallest absolute Gasteiger partial charge is 0.303 e. The van der Waals surface area contributed by atoms with E-state index in [-0.39, 0.29) is 18.6 Å². The van der Waals surface area contributed by atoms with Crippen LogP contribution in [0, 0.1) is 0 Å².